The first-order valence-electron chi connectivity index (χ1n) is 8.31. The number of imide groups is 1. The van der Waals surface area contributed by atoms with Crippen molar-refractivity contribution in [1.29, 1.82) is 0 Å². The molecule has 140 valence electrons. The second-order valence-corrected chi connectivity index (χ2v) is 6.33. The molecule has 6 nitrogen and oxygen atoms in total. The van der Waals surface area contributed by atoms with Crippen LogP contribution >= 0.6 is 0 Å². The normalized spacial score (nSPS) is 20.6. The third kappa shape index (κ3) is 3.72. The predicted octanol–water partition coefficient (Wildman–Crippen LogP) is 1.43. The van der Waals surface area contributed by atoms with Crippen molar-refractivity contribution < 1.29 is 27.6 Å². The number of benzene rings is 1. The van der Waals surface area contributed by atoms with Gasteiger partial charge in [0.1, 0.15) is 6.54 Å². The molecule has 3 rings (SSSR count). The minimum atomic E-state index is -4.46. The van der Waals surface area contributed by atoms with Crippen molar-refractivity contribution in [2.24, 2.45) is 0 Å². The van der Waals surface area contributed by atoms with Crippen molar-refractivity contribution in [3.05, 3.63) is 35.4 Å². The predicted molar refractivity (Wildman–Crippen MR) is 85.5 cm³/mol. The number of rotatable bonds is 5. The molecule has 2 aliphatic rings. The van der Waals surface area contributed by atoms with Crippen LogP contribution < -0.4 is 5.32 Å². The zero-order valence-electron chi connectivity index (χ0n) is 13.9. The number of amides is 3. The third-order valence-electron chi connectivity index (χ3n) is 4.62. The van der Waals surface area contributed by atoms with E-state index in [4.69, 9.17) is 0 Å². The molecule has 1 fully saturated rings. The molecule has 0 bridgehead atoms. The van der Waals surface area contributed by atoms with E-state index in [1.807, 2.05) is 5.32 Å². The number of likely N-dealkylation sites (tertiary alicyclic amines) is 1. The summed E-state index contributed by atoms with van der Waals surface area (Å²) < 4.78 is 36.8. The lowest BCUT2D eigenvalue weighted by atomic mass is 10.1. The Hall–Kier alpha value is -2.42. The van der Waals surface area contributed by atoms with Gasteiger partial charge in [-0.05, 0) is 31.5 Å². The first kappa shape index (κ1) is 18.4. The minimum absolute atomic E-state index is 0.0927. The van der Waals surface area contributed by atoms with Crippen LogP contribution in [0.25, 0.3) is 0 Å². The van der Waals surface area contributed by atoms with Gasteiger partial charge < -0.3 is 5.32 Å². The summed E-state index contributed by atoms with van der Waals surface area (Å²) in [6, 6.07) is 5.84. The number of nitrogens with one attached hydrogen (secondary N) is 1. The Morgan fingerprint density at radius 3 is 2.31 bits per heavy atom. The van der Waals surface area contributed by atoms with Crippen molar-refractivity contribution in [3.63, 3.8) is 0 Å². The van der Waals surface area contributed by atoms with Gasteiger partial charge in [-0.1, -0.05) is 12.1 Å². The monoisotopic (exact) mass is 369 g/mol. The highest BCUT2D eigenvalue weighted by Gasteiger charge is 2.37. The SMILES string of the molecule is O=C(NCC(F)(F)F)[C@H]1CCCN1CCN1C(=O)c2ccccc2C1=O. The number of carbonyl (C=O) groups is 3. The fourth-order valence-electron chi connectivity index (χ4n) is 3.37. The number of fused-ring (bicyclic) bond motifs is 1. The Balaban J connectivity index is 1.58. The van der Waals surface area contributed by atoms with Crippen molar-refractivity contribution in [1.82, 2.24) is 15.1 Å². The van der Waals surface area contributed by atoms with Gasteiger partial charge in [0.05, 0.1) is 17.2 Å². The summed E-state index contributed by atoms with van der Waals surface area (Å²) in [6.07, 6.45) is -3.34. The lowest BCUT2D eigenvalue weighted by Gasteiger charge is -2.25. The van der Waals surface area contributed by atoms with Crippen LogP contribution in [0.5, 0.6) is 0 Å². The fourth-order valence-corrected chi connectivity index (χ4v) is 3.37. The zero-order chi connectivity index (χ0) is 18.9. The van der Waals surface area contributed by atoms with Crippen LogP contribution in [-0.2, 0) is 4.79 Å². The summed E-state index contributed by atoms with van der Waals surface area (Å²) in [5.74, 6) is -1.45. The molecule has 0 radical (unpaired) electrons. The topological polar surface area (TPSA) is 69.7 Å². The van der Waals surface area contributed by atoms with Gasteiger partial charge in [0.15, 0.2) is 0 Å². The molecule has 0 aromatic heterocycles. The Kier molecular flexibility index (Phi) is 4.99. The van der Waals surface area contributed by atoms with E-state index >= 15 is 0 Å². The highest BCUT2D eigenvalue weighted by molar-refractivity contribution is 6.21. The van der Waals surface area contributed by atoms with Gasteiger partial charge in [-0.15, -0.1) is 0 Å². The van der Waals surface area contributed by atoms with Crippen LogP contribution in [-0.4, -0.2) is 65.9 Å². The molecule has 1 aromatic rings. The number of nitrogens with zero attached hydrogens (tertiary/aromatic N) is 2. The summed E-state index contributed by atoms with van der Waals surface area (Å²) >= 11 is 0. The second-order valence-electron chi connectivity index (χ2n) is 6.33. The average molecular weight is 369 g/mol. The van der Waals surface area contributed by atoms with E-state index in [9.17, 15) is 27.6 Å². The molecule has 3 amide bonds. The highest BCUT2D eigenvalue weighted by Crippen LogP contribution is 2.23. The summed E-state index contributed by atoms with van der Waals surface area (Å²) in [7, 11) is 0. The molecule has 9 heteroatoms. The first-order chi connectivity index (χ1) is 12.3. The average Bonchev–Trinajstić information content (AvgIpc) is 3.15. The Labute approximate surface area is 147 Å². The van der Waals surface area contributed by atoms with Gasteiger partial charge >= 0.3 is 6.18 Å². The van der Waals surface area contributed by atoms with Crippen LogP contribution in [0.2, 0.25) is 0 Å². The Bertz CT molecular complexity index is 700. The van der Waals surface area contributed by atoms with E-state index in [0.29, 0.717) is 30.5 Å². The lowest BCUT2D eigenvalue weighted by molar-refractivity contribution is -0.141. The molecule has 26 heavy (non-hydrogen) atoms. The van der Waals surface area contributed by atoms with Crippen molar-refractivity contribution in [2.45, 2.75) is 25.1 Å². The molecule has 0 unspecified atom stereocenters. The van der Waals surface area contributed by atoms with Crippen LogP contribution in [0.3, 0.4) is 0 Å². The number of hydrogen-bond donors (Lipinski definition) is 1. The maximum absolute atomic E-state index is 12.3. The summed E-state index contributed by atoms with van der Waals surface area (Å²) in [4.78, 5) is 39.5. The molecule has 1 N–H and O–H groups in total. The summed E-state index contributed by atoms with van der Waals surface area (Å²) in [5.41, 5.74) is 0.691. The number of carbonyl (C=O) groups excluding carboxylic acids is 3. The van der Waals surface area contributed by atoms with Crippen LogP contribution in [0, 0.1) is 0 Å². The van der Waals surface area contributed by atoms with Gasteiger partial charge in [0.25, 0.3) is 11.8 Å². The van der Waals surface area contributed by atoms with Gasteiger partial charge in [-0.2, -0.15) is 13.2 Å². The van der Waals surface area contributed by atoms with Crippen molar-refractivity contribution in [3.8, 4) is 0 Å². The quantitative estimate of drug-likeness (QED) is 0.798. The van der Waals surface area contributed by atoms with E-state index in [-0.39, 0.29) is 24.9 Å². The van der Waals surface area contributed by atoms with Gasteiger partial charge in [-0.3, -0.25) is 24.2 Å². The molecular formula is C17H18F3N3O3. The maximum Gasteiger partial charge on any atom is 0.405 e. The summed E-state index contributed by atoms with van der Waals surface area (Å²) in [6.45, 7) is -0.493. The smallest absolute Gasteiger partial charge is 0.346 e. The molecule has 2 aliphatic heterocycles. The third-order valence-corrected chi connectivity index (χ3v) is 4.62. The standard InChI is InChI=1S/C17H18F3N3O3/c18-17(19,20)10-21-14(24)13-6-3-7-22(13)8-9-23-15(25)11-4-1-2-5-12(11)16(23)26/h1-2,4-5,13H,3,6-10H2,(H,21,24)/t13-/m1/s1. The van der Waals surface area contributed by atoms with E-state index in [0.717, 1.165) is 4.90 Å². The van der Waals surface area contributed by atoms with Gasteiger partial charge in [-0.25, -0.2) is 0 Å². The molecule has 1 atom stereocenters. The van der Waals surface area contributed by atoms with Crippen LogP contribution in [0.1, 0.15) is 33.6 Å². The van der Waals surface area contributed by atoms with Crippen molar-refractivity contribution in [2.75, 3.05) is 26.2 Å². The largest absolute Gasteiger partial charge is 0.405 e. The highest BCUT2D eigenvalue weighted by atomic mass is 19.4. The maximum atomic E-state index is 12.3. The summed E-state index contributed by atoms with van der Waals surface area (Å²) in [5, 5.41) is 1.90. The van der Waals surface area contributed by atoms with E-state index < -0.39 is 24.7 Å². The number of hydrogen-bond acceptors (Lipinski definition) is 4. The fraction of sp³-hybridized carbons (Fsp3) is 0.471. The van der Waals surface area contributed by atoms with Crippen molar-refractivity contribution >= 4 is 17.7 Å². The molecule has 0 aliphatic carbocycles. The van der Waals surface area contributed by atoms with E-state index in [2.05, 4.69) is 0 Å². The van der Waals surface area contributed by atoms with Crippen LogP contribution in [0.4, 0.5) is 13.2 Å². The lowest BCUT2D eigenvalue weighted by Crippen LogP contribution is -2.48. The first-order valence-corrected chi connectivity index (χ1v) is 8.31. The molecule has 0 saturated carbocycles. The molecular weight excluding hydrogens is 351 g/mol. The van der Waals surface area contributed by atoms with Crippen LogP contribution in [0.15, 0.2) is 24.3 Å². The molecule has 2 heterocycles. The Morgan fingerprint density at radius 1 is 1.12 bits per heavy atom. The Morgan fingerprint density at radius 2 is 1.73 bits per heavy atom. The number of halogens is 3. The minimum Gasteiger partial charge on any atom is -0.346 e. The molecule has 1 saturated heterocycles. The van der Waals surface area contributed by atoms with Gasteiger partial charge in [0, 0.05) is 13.1 Å². The molecule has 1 aromatic carbocycles. The van der Waals surface area contributed by atoms with E-state index in [1.165, 1.54) is 0 Å². The van der Waals surface area contributed by atoms with Gasteiger partial charge in [0.2, 0.25) is 5.91 Å². The van der Waals surface area contributed by atoms with E-state index in [1.54, 1.807) is 29.2 Å². The zero-order valence-corrected chi connectivity index (χ0v) is 13.9. The second kappa shape index (κ2) is 7.06. The molecule has 0 spiro atoms. The number of alkyl halides is 3.